The number of morpholine rings is 1. The quantitative estimate of drug-likeness (QED) is 0.769. The highest BCUT2D eigenvalue weighted by Crippen LogP contribution is 2.21. The molecule has 0 aromatic heterocycles. The van der Waals surface area contributed by atoms with E-state index in [-0.39, 0.29) is 36.7 Å². The number of halogens is 2. The van der Waals surface area contributed by atoms with Crippen molar-refractivity contribution in [3.05, 3.63) is 28.8 Å². The third kappa shape index (κ3) is 5.14. The van der Waals surface area contributed by atoms with E-state index in [4.69, 9.17) is 16.3 Å². The second kappa shape index (κ2) is 8.95. The molecule has 1 aliphatic rings. The Bertz CT molecular complexity index is 534. The monoisotopic (exact) mass is 347 g/mol. The minimum Gasteiger partial charge on any atom is -0.378 e. The van der Waals surface area contributed by atoms with Gasteiger partial charge in [-0.15, -0.1) is 12.4 Å². The lowest BCUT2D eigenvalue weighted by atomic mass is 10.1. The van der Waals surface area contributed by atoms with Crippen LogP contribution in [0.5, 0.6) is 0 Å². The van der Waals surface area contributed by atoms with Crippen molar-refractivity contribution < 1.29 is 14.3 Å². The Hall–Kier alpha value is -1.34. The summed E-state index contributed by atoms with van der Waals surface area (Å²) in [7, 11) is 1.53. The molecule has 122 valence electrons. The number of benzene rings is 1. The fourth-order valence-corrected chi connectivity index (χ4v) is 2.30. The van der Waals surface area contributed by atoms with E-state index in [0.717, 1.165) is 6.54 Å². The fourth-order valence-electron chi connectivity index (χ4n) is 2.12. The van der Waals surface area contributed by atoms with Gasteiger partial charge in [0.05, 0.1) is 24.5 Å². The van der Waals surface area contributed by atoms with Gasteiger partial charge in [0.15, 0.2) is 0 Å². The maximum atomic E-state index is 12.1. The number of ether oxygens (including phenoxy) is 1. The van der Waals surface area contributed by atoms with Crippen LogP contribution in [0, 0.1) is 0 Å². The third-order valence-electron chi connectivity index (χ3n) is 3.16. The van der Waals surface area contributed by atoms with Crippen molar-refractivity contribution in [2.24, 2.45) is 0 Å². The predicted octanol–water partition coefficient (Wildman–Crippen LogP) is 1.44. The topological polar surface area (TPSA) is 79.5 Å². The summed E-state index contributed by atoms with van der Waals surface area (Å²) >= 11 is 5.89. The van der Waals surface area contributed by atoms with Gasteiger partial charge in [-0.25, -0.2) is 0 Å². The Morgan fingerprint density at radius 3 is 2.86 bits per heavy atom. The number of rotatable bonds is 4. The van der Waals surface area contributed by atoms with Crippen LogP contribution in [0.3, 0.4) is 0 Å². The van der Waals surface area contributed by atoms with Crippen molar-refractivity contribution in [1.82, 2.24) is 10.6 Å². The minimum absolute atomic E-state index is 0. The normalized spacial score (nSPS) is 17.3. The van der Waals surface area contributed by atoms with Gasteiger partial charge in [-0.2, -0.15) is 0 Å². The first-order chi connectivity index (χ1) is 10.1. The SMILES string of the molecule is CNC(=O)c1cc(Cl)ccc1NC(=O)CC1COCCN1.Cl. The Morgan fingerprint density at radius 2 is 2.23 bits per heavy atom. The summed E-state index contributed by atoms with van der Waals surface area (Å²) in [4.78, 5) is 23.9. The van der Waals surface area contributed by atoms with Crippen LogP contribution in [0.1, 0.15) is 16.8 Å². The summed E-state index contributed by atoms with van der Waals surface area (Å²) in [6.45, 7) is 1.91. The van der Waals surface area contributed by atoms with Crippen LogP contribution >= 0.6 is 24.0 Å². The van der Waals surface area contributed by atoms with Crippen LogP contribution in [0.4, 0.5) is 5.69 Å². The van der Waals surface area contributed by atoms with Crippen molar-refractivity contribution in [3.63, 3.8) is 0 Å². The molecule has 1 aromatic carbocycles. The van der Waals surface area contributed by atoms with Crippen LogP contribution in [0.15, 0.2) is 18.2 Å². The molecule has 6 nitrogen and oxygen atoms in total. The summed E-state index contributed by atoms with van der Waals surface area (Å²) in [6, 6.07) is 4.77. The van der Waals surface area contributed by atoms with Gasteiger partial charge in [-0.1, -0.05) is 11.6 Å². The molecule has 1 unspecified atom stereocenters. The molecular formula is C14H19Cl2N3O3. The Labute approximate surface area is 140 Å². The predicted molar refractivity (Wildman–Crippen MR) is 87.9 cm³/mol. The first-order valence-electron chi connectivity index (χ1n) is 6.72. The molecule has 1 heterocycles. The third-order valence-corrected chi connectivity index (χ3v) is 3.39. The molecule has 1 aliphatic heterocycles. The Morgan fingerprint density at radius 1 is 1.45 bits per heavy atom. The first kappa shape index (κ1) is 18.7. The molecule has 3 N–H and O–H groups in total. The van der Waals surface area contributed by atoms with Gasteiger partial charge in [0, 0.05) is 31.1 Å². The van der Waals surface area contributed by atoms with E-state index in [1.165, 1.54) is 13.1 Å². The van der Waals surface area contributed by atoms with E-state index in [9.17, 15) is 9.59 Å². The zero-order chi connectivity index (χ0) is 15.2. The van der Waals surface area contributed by atoms with E-state index >= 15 is 0 Å². The molecule has 0 bridgehead atoms. The molecule has 0 aliphatic carbocycles. The van der Waals surface area contributed by atoms with Crippen LogP contribution in [-0.2, 0) is 9.53 Å². The Kier molecular flexibility index (Phi) is 7.61. The maximum absolute atomic E-state index is 12.1. The molecule has 1 aromatic rings. The molecule has 1 atom stereocenters. The molecule has 0 spiro atoms. The van der Waals surface area contributed by atoms with Gasteiger partial charge in [0.1, 0.15) is 0 Å². The van der Waals surface area contributed by atoms with Gasteiger partial charge in [-0.05, 0) is 18.2 Å². The number of hydrogen-bond donors (Lipinski definition) is 3. The van der Waals surface area contributed by atoms with E-state index < -0.39 is 0 Å². The van der Waals surface area contributed by atoms with E-state index in [1.807, 2.05) is 0 Å². The molecule has 2 amide bonds. The number of carbonyl (C=O) groups is 2. The summed E-state index contributed by atoms with van der Waals surface area (Å²) in [5.41, 5.74) is 0.784. The number of anilines is 1. The van der Waals surface area contributed by atoms with Gasteiger partial charge < -0.3 is 20.7 Å². The lowest BCUT2D eigenvalue weighted by Gasteiger charge is -2.23. The number of nitrogens with one attached hydrogen (secondary N) is 3. The standard InChI is InChI=1S/C14H18ClN3O3.ClH/c1-16-14(20)11-6-9(15)2-3-12(11)18-13(19)7-10-8-21-5-4-17-10;/h2-3,6,10,17H,4-5,7-8H2,1H3,(H,16,20)(H,18,19);1H. The molecule has 1 saturated heterocycles. The minimum atomic E-state index is -0.299. The molecule has 1 fully saturated rings. The summed E-state index contributed by atoms with van der Waals surface area (Å²) < 4.78 is 5.30. The lowest BCUT2D eigenvalue weighted by Crippen LogP contribution is -2.43. The molecule has 0 saturated carbocycles. The van der Waals surface area contributed by atoms with Gasteiger partial charge in [0.2, 0.25) is 5.91 Å². The average molecular weight is 348 g/mol. The van der Waals surface area contributed by atoms with Crippen molar-refractivity contribution in [3.8, 4) is 0 Å². The van der Waals surface area contributed by atoms with Crippen molar-refractivity contribution in [1.29, 1.82) is 0 Å². The van der Waals surface area contributed by atoms with E-state index in [2.05, 4.69) is 16.0 Å². The zero-order valence-electron chi connectivity index (χ0n) is 12.1. The summed E-state index contributed by atoms with van der Waals surface area (Å²) in [5, 5.41) is 8.91. The average Bonchev–Trinajstić information content (AvgIpc) is 2.49. The number of carbonyl (C=O) groups excluding carboxylic acids is 2. The van der Waals surface area contributed by atoms with Crippen molar-refractivity contribution in [2.75, 3.05) is 32.1 Å². The maximum Gasteiger partial charge on any atom is 0.253 e. The molecule has 22 heavy (non-hydrogen) atoms. The molecule has 8 heteroatoms. The van der Waals surface area contributed by atoms with Gasteiger partial charge in [0.25, 0.3) is 5.91 Å². The first-order valence-corrected chi connectivity index (χ1v) is 7.10. The van der Waals surface area contributed by atoms with Crippen LogP contribution in [0.2, 0.25) is 5.02 Å². The van der Waals surface area contributed by atoms with E-state index in [0.29, 0.717) is 29.5 Å². The fraction of sp³-hybridized carbons (Fsp3) is 0.429. The highest BCUT2D eigenvalue weighted by molar-refractivity contribution is 6.31. The summed E-state index contributed by atoms with van der Waals surface area (Å²) in [6.07, 6.45) is 0.288. The van der Waals surface area contributed by atoms with Crippen molar-refractivity contribution in [2.45, 2.75) is 12.5 Å². The second-order valence-corrected chi connectivity index (χ2v) is 5.18. The highest BCUT2D eigenvalue weighted by Gasteiger charge is 2.18. The largest absolute Gasteiger partial charge is 0.378 e. The molecule has 0 radical (unpaired) electrons. The van der Waals surface area contributed by atoms with Crippen LogP contribution in [-0.4, -0.2) is 44.7 Å². The van der Waals surface area contributed by atoms with Crippen LogP contribution < -0.4 is 16.0 Å². The highest BCUT2D eigenvalue weighted by atomic mass is 35.5. The number of hydrogen-bond acceptors (Lipinski definition) is 4. The Balaban J connectivity index is 0.00000242. The lowest BCUT2D eigenvalue weighted by molar-refractivity contribution is -0.117. The second-order valence-electron chi connectivity index (χ2n) is 4.75. The number of amides is 2. The van der Waals surface area contributed by atoms with E-state index in [1.54, 1.807) is 12.1 Å². The summed E-state index contributed by atoms with van der Waals surface area (Å²) in [5.74, 6) is -0.475. The molecule has 2 rings (SSSR count). The smallest absolute Gasteiger partial charge is 0.253 e. The van der Waals surface area contributed by atoms with Crippen LogP contribution in [0.25, 0.3) is 0 Å². The van der Waals surface area contributed by atoms with Gasteiger partial charge >= 0.3 is 0 Å². The van der Waals surface area contributed by atoms with Crippen molar-refractivity contribution >= 4 is 41.5 Å². The zero-order valence-corrected chi connectivity index (χ0v) is 13.7. The van der Waals surface area contributed by atoms with Gasteiger partial charge in [-0.3, -0.25) is 9.59 Å². The molecular weight excluding hydrogens is 329 g/mol.